The standard InChI is InChI=1S/C27H32N4O2/c1-3-31(4-2)17-6-5-15-26(32)21-10-7-12-23(18-21)29-24-13-8-14-25(19-24)30-27(33)22-11-9-16-28-20-22/h7-14,16,18-20,29H,3-6,15,17H2,1-2H3,(H,30,33). The van der Waals surface area contributed by atoms with Crippen LogP contribution in [0.1, 0.15) is 53.8 Å². The van der Waals surface area contributed by atoms with E-state index in [-0.39, 0.29) is 11.7 Å². The molecule has 0 aliphatic carbocycles. The first-order chi connectivity index (χ1) is 16.1. The normalized spacial score (nSPS) is 10.8. The van der Waals surface area contributed by atoms with E-state index in [0.717, 1.165) is 43.9 Å². The van der Waals surface area contributed by atoms with Crippen LogP contribution in [0, 0.1) is 0 Å². The number of anilines is 3. The van der Waals surface area contributed by atoms with E-state index in [1.54, 1.807) is 18.3 Å². The van der Waals surface area contributed by atoms with Crippen LogP contribution in [0.5, 0.6) is 0 Å². The van der Waals surface area contributed by atoms with Gasteiger partial charge in [-0.05, 0) is 74.9 Å². The van der Waals surface area contributed by atoms with Crippen LogP contribution < -0.4 is 10.6 Å². The van der Waals surface area contributed by atoms with Crippen molar-refractivity contribution in [1.82, 2.24) is 9.88 Å². The second-order valence-corrected chi connectivity index (χ2v) is 7.89. The van der Waals surface area contributed by atoms with Crippen molar-refractivity contribution in [3.63, 3.8) is 0 Å². The number of rotatable bonds is 12. The van der Waals surface area contributed by atoms with Crippen molar-refractivity contribution < 1.29 is 9.59 Å². The molecule has 0 fully saturated rings. The molecule has 172 valence electrons. The molecule has 0 radical (unpaired) electrons. The van der Waals surface area contributed by atoms with Crippen molar-refractivity contribution in [2.24, 2.45) is 0 Å². The molecule has 3 aromatic rings. The number of nitrogens with one attached hydrogen (secondary N) is 2. The minimum atomic E-state index is -0.214. The van der Waals surface area contributed by atoms with Crippen LogP contribution in [-0.2, 0) is 0 Å². The number of amides is 1. The average molecular weight is 445 g/mol. The summed E-state index contributed by atoms with van der Waals surface area (Å²) in [5.74, 6) is -0.0514. The highest BCUT2D eigenvalue weighted by Crippen LogP contribution is 2.22. The monoisotopic (exact) mass is 444 g/mol. The summed E-state index contributed by atoms with van der Waals surface area (Å²) in [4.78, 5) is 31.4. The summed E-state index contributed by atoms with van der Waals surface area (Å²) in [6.45, 7) is 7.46. The molecule has 0 aliphatic rings. The lowest BCUT2D eigenvalue weighted by molar-refractivity contribution is 0.0976. The Hall–Kier alpha value is -3.51. The molecule has 6 nitrogen and oxygen atoms in total. The van der Waals surface area contributed by atoms with Gasteiger partial charge in [-0.3, -0.25) is 14.6 Å². The molecule has 0 bridgehead atoms. The fraction of sp³-hybridized carbons (Fsp3) is 0.296. The van der Waals surface area contributed by atoms with E-state index in [1.807, 2.05) is 48.5 Å². The number of nitrogens with zero attached hydrogens (tertiary/aromatic N) is 2. The molecule has 0 spiro atoms. The van der Waals surface area contributed by atoms with Gasteiger partial charge in [-0.15, -0.1) is 0 Å². The molecule has 0 aliphatic heterocycles. The number of carbonyl (C=O) groups is 2. The molecule has 0 atom stereocenters. The molecule has 1 amide bonds. The number of benzene rings is 2. The quantitative estimate of drug-likeness (QED) is 0.274. The second-order valence-electron chi connectivity index (χ2n) is 7.89. The summed E-state index contributed by atoms with van der Waals surface area (Å²) in [7, 11) is 0. The molecular weight excluding hydrogens is 412 g/mol. The third-order valence-corrected chi connectivity index (χ3v) is 5.54. The molecule has 33 heavy (non-hydrogen) atoms. The largest absolute Gasteiger partial charge is 0.355 e. The SMILES string of the molecule is CCN(CC)CCCCC(=O)c1cccc(Nc2cccc(NC(=O)c3cccnc3)c2)c1. The third-order valence-electron chi connectivity index (χ3n) is 5.54. The minimum Gasteiger partial charge on any atom is -0.355 e. The molecule has 0 unspecified atom stereocenters. The van der Waals surface area contributed by atoms with Crippen molar-refractivity contribution in [1.29, 1.82) is 0 Å². The Kier molecular flexibility index (Phi) is 9.15. The van der Waals surface area contributed by atoms with E-state index in [4.69, 9.17) is 0 Å². The fourth-order valence-electron chi connectivity index (χ4n) is 3.62. The van der Waals surface area contributed by atoms with Gasteiger partial charge in [0.2, 0.25) is 0 Å². The minimum absolute atomic E-state index is 0.163. The van der Waals surface area contributed by atoms with Crippen LogP contribution in [0.25, 0.3) is 0 Å². The molecule has 3 rings (SSSR count). The first-order valence-corrected chi connectivity index (χ1v) is 11.5. The van der Waals surface area contributed by atoms with Crippen molar-refractivity contribution in [2.45, 2.75) is 33.1 Å². The Morgan fingerprint density at radius 1 is 0.848 bits per heavy atom. The predicted octanol–water partition coefficient (Wildman–Crippen LogP) is 5.77. The number of ketones is 1. The predicted molar refractivity (Wildman–Crippen MR) is 134 cm³/mol. The molecule has 1 heterocycles. The Bertz CT molecular complexity index is 1050. The van der Waals surface area contributed by atoms with Gasteiger partial charge >= 0.3 is 0 Å². The van der Waals surface area contributed by atoms with Gasteiger partial charge in [0.25, 0.3) is 5.91 Å². The Morgan fingerprint density at radius 2 is 1.55 bits per heavy atom. The Labute approximate surface area is 196 Å². The second kappa shape index (κ2) is 12.5. The highest BCUT2D eigenvalue weighted by molar-refractivity contribution is 6.04. The zero-order chi connectivity index (χ0) is 23.5. The van der Waals surface area contributed by atoms with Crippen molar-refractivity contribution in [2.75, 3.05) is 30.3 Å². The summed E-state index contributed by atoms with van der Waals surface area (Å²) in [6, 6.07) is 18.5. The molecule has 0 saturated heterocycles. The zero-order valence-corrected chi connectivity index (χ0v) is 19.4. The summed E-state index contributed by atoms with van der Waals surface area (Å²) in [5.41, 5.74) is 3.54. The lowest BCUT2D eigenvalue weighted by Crippen LogP contribution is -2.24. The zero-order valence-electron chi connectivity index (χ0n) is 19.4. The van der Waals surface area contributed by atoms with Gasteiger partial charge in [0.1, 0.15) is 0 Å². The topological polar surface area (TPSA) is 74.3 Å². The van der Waals surface area contributed by atoms with Crippen molar-refractivity contribution >= 4 is 28.8 Å². The van der Waals surface area contributed by atoms with Gasteiger partial charge in [0.05, 0.1) is 5.56 Å². The Balaban J connectivity index is 1.57. The number of hydrogen-bond donors (Lipinski definition) is 2. The van der Waals surface area contributed by atoms with E-state index in [1.165, 1.54) is 6.20 Å². The first-order valence-electron chi connectivity index (χ1n) is 11.5. The van der Waals surface area contributed by atoms with Crippen LogP contribution in [0.3, 0.4) is 0 Å². The van der Waals surface area contributed by atoms with E-state index in [0.29, 0.717) is 23.2 Å². The van der Waals surface area contributed by atoms with Gasteiger partial charge in [-0.25, -0.2) is 0 Å². The lowest BCUT2D eigenvalue weighted by atomic mass is 10.0. The maximum atomic E-state index is 12.6. The van der Waals surface area contributed by atoms with Gasteiger partial charge < -0.3 is 15.5 Å². The number of pyridine rings is 1. The molecule has 0 saturated carbocycles. The number of carbonyl (C=O) groups excluding carboxylic acids is 2. The molecular formula is C27H32N4O2. The van der Waals surface area contributed by atoms with E-state index >= 15 is 0 Å². The summed E-state index contributed by atoms with van der Waals surface area (Å²) in [5, 5.41) is 6.21. The van der Waals surface area contributed by atoms with Gasteiger partial charge in [-0.2, -0.15) is 0 Å². The van der Waals surface area contributed by atoms with Crippen molar-refractivity contribution in [3.05, 3.63) is 84.2 Å². The maximum absolute atomic E-state index is 12.6. The Morgan fingerprint density at radius 3 is 2.27 bits per heavy atom. The summed E-state index contributed by atoms with van der Waals surface area (Å²) >= 11 is 0. The van der Waals surface area contributed by atoms with Gasteiger partial charge in [0, 0.05) is 41.4 Å². The van der Waals surface area contributed by atoms with Gasteiger partial charge in [-0.1, -0.05) is 32.0 Å². The van der Waals surface area contributed by atoms with Crippen LogP contribution >= 0.6 is 0 Å². The molecule has 2 N–H and O–H groups in total. The number of unbranched alkanes of at least 4 members (excludes halogenated alkanes) is 1. The van der Waals surface area contributed by atoms with E-state index in [2.05, 4.69) is 34.4 Å². The van der Waals surface area contributed by atoms with Crippen LogP contribution in [-0.4, -0.2) is 41.2 Å². The van der Waals surface area contributed by atoms with Crippen LogP contribution in [0.2, 0.25) is 0 Å². The average Bonchev–Trinajstić information content (AvgIpc) is 2.85. The highest BCUT2D eigenvalue weighted by atomic mass is 16.1. The summed E-state index contributed by atoms with van der Waals surface area (Å²) < 4.78 is 0. The van der Waals surface area contributed by atoms with Crippen LogP contribution in [0.15, 0.2) is 73.1 Å². The van der Waals surface area contributed by atoms with E-state index < -0.39 is 0 Å². The highest BCUT2D eigenvalue weighted by Gasteiger charge is 2.09. The first kappa shape index (κ1) is 24.1. The molecule has 1 aromatic heterocycles. The van der Waals surface area contributed by atoms with Crippen LogP contribution in [0.4, 0.5) is 17.1 Å². The smallest absolute Gasteiger partial charge is 0.257 e. The third kappa shape index (κ3) is 7.54. The fourth-order valence-corrected chi connectivity index (χ4v) is 3.62. The van der Waals surface area contributed by atoms with E-state index in [9.17, 15) is 9.59 Å². The number of aromatic nitrogens is 1. The molecule has 2 aromatic carbocycles. The summed E-state index contributed by atoms with van der Waals surface area (Å²) in [6.07, 6.45) is 5.64. The number of hydrogen-bond acceptors (Lipinski definition) is 5. The van der Waals surface area contributed by atoms with Gasteiger partial charge in [0.15, 0.2) is 5.78 Å². The maximum Gasteiger partial charge on any atom is 0.257 e. The molecule has 6 heteroatoms. The van der Waals surface area contributed by atoms with Crippen molar-refractivity contribution in [3.8, 4) is 0 Å². The lowest BCUT2D eigenvalue weighted by Gasteiger charge is -2.17. The number of Topliss-reactive ketones (excluding diaryl/α,β-unsaturated/α-hetero) is 1.